The van der Waals surface area contributed by atoms with E-state index in [4.69, 9.17) is 0 Å². The van der Waals surface area contributed by atoms with Gasteiger partial charge in [0.05, 0.1) is 6.04 Å². The summed E-state index contributed by atoms with van der Waals surface area (Å²) in [4.78, 5) is 12.1. The molecular weight excluding hydrogens is 224 g/mol. The Kier molecular flexibility index (Phi) is 2.45. The Labute approximate surface area is 96.1 Å². The van der Waals surface area contributed by atoms with Crippen LogP contribution >= 0.6 is 11.3 Å². The summed E-state index contributed by atoms with van der Waals surface area (Å²) >= 11 is 1.44. The molecule has 2 aromatic heterocycles. The van der Waals surface area contributed by atoms with E-state index in [1.54, 1.807) is 0 Å². The highest BCUT2D eigenvalue weighted by Gasteiger charge is 2.18. The molecule has 5 nitrogen and oxygen atoms in total. The predicted molar refractivity (Wildman–Crippen MR) is 62.8 cm³/mol. The number of rotatable bonds is 1. The first-order chi connectivity index (χ1) is 7.86. The summed E-state index contributed by atoms with van der Waals surface area (Å²) in [6, 6.07) is 1.98. The van der Waals surface area contributed by atoms with E-state index in [1.165, 1.54) is 16.0 Å². The summed E-state index contributed by atoms with van der Waals surface area (Å²) in [6.07, 6.45) is 2.08. The van der Waals surface area contributed by atoms with E-state index in [9.17, 15) is 4.79 Å². The first-order valence-corrected chi connectivity index (χ1v) is 6.27. The molecule has 0 spiro atoms. The Morgan fingerprint density at radius 3 is 3.31 bits per heavy atom. The maximum atomic E-state index is 12.1. The lowest BCUT2D eigenvalue weighted by molar-refractivity contribution is 0.328. The van der Waals surface area contributed by atoms with Crippen LogP contribution in [0.1, 0.15) is 18.9 Å². The van der Waals surface area contributed by atoms with Gasteiger partial charge in [0.25, 0.3) is 5.56 Å². The summed E-state index contributed by atoms with van der Waals surface area (Å²) in [5, 5.41) is 13.3. The molecule has 0 aromatic carbocycles. The van der Waals surface area contributed by atoms with Gasteiger partial charge in [0.2, 0.25) is 0 Å². The molecule has 3 rings (SSSR count). The van der Waals surface area contributed by atoms with Crippen LogP contribution < -0.4 is 10.9 Å². The van der Waals surface area contributed by atoms with Gasteiger partial charge in [0.15, 0.2) is 0 Å². The Hall–Kier alpha value is -1.27. The van der Waals surface area contributed by atoms with Crippen molar-refractivity contribution in [2.75, 3.05) is 13.1 Å². The van der Waals surface area contributed by atoms with Crippen molar-refractivity contribution < 1.29 is 0 Å². The molecule has 1 saturated heterocycles. The number of thiophene rings is 1. The molecule has 2 aromatic rings. The van der Waals surface area contributed by atoms with E-state index >= 15 is 0 Å². The molecule has 16 heavy (non-hydrogen) atoms. The fourth-order valence-electron chi connectivity index (χ4n) is 2.06. The molecule has 0 radical (unpaired) electrons. The zero-order valence-corrected chi connectivity index (χ0v) is 9.54. The third-order valence-corrected chi connectivity index (χ3v) is 3.80. The largest absolute Gasteiger partial charge is 0.315 e. The predicted octanol–water partition coefficient (Wildman–Crippen LogP) is 0.777. The number of piperidine rings is 1. The van der Waals surface area contributed by atoms with Crippen LogP contribution in [0, 0.1) is 0 Å². The van der Waals surface area contributed by atoms with E-state index < -0.39 is 0 Å². The van der Waals surface area contributed by atoms with Gasteiger partial charge in [-0.05, 0) is 30.8 Å². The Balaban J connectivity index is 2.09. The molecule has 0 aliphatic carbocycles. The maximum absolute atomic E-state index is 12.1. The third kappa shape index (κ3) is 1.54. The van der Waals surface area contributed by atoms with Gasteiger partial charge in [-0.25, -0.2) is 4.68 Å². The van der Waals surface area contributed by atoms with Gasteiger partial charge in [-0.15, -0.1) is 16.4 Å². The number of fused-ring (bicyclic) bond motifs is 1. The fraction of sp³-hybridized carbons (Fsp3) is 0.500. The molecular formula is C10H12N4OS. The number of hydrogen-bond acceptors (Lipinski definition) is 5. The van der Waals surface area contributed by atoms with Crippen molar-refractivity contribution >= 4 is 21.6 Å². The number of aromatic nitrogens is 3. The summed E-state index contributed by atoms with van der Waals surface area (Å²) < 4.78 is 2.24. The summed E-state index contributed by atoms with van der Waals surface area (Å²) in [5.41, 5.74) is 0.698. The molecule has 1 aliphatic heterocycles. The molecule has 0 saturated carbocycles. The lowest BCUT2D eigenvalue weighted by atomic mass is 10.1. The molecule has 1 atom stereocenters. The van der Waals surface area contributed by atoms with E-state index in [2.05, 4.69) is 15.6 Å². The van der Waals surface area contributed by atoms with Crippen LogP contribution in [0.15, 0.2) is 16.2 Å². The molecule has 0 unspecified atom stereocenters. The van der Waals surface area contributed by atoms with Crippen molar-refractivity contribution in [3.63, 3.8) is 0 Å². The van der Waals surface area contributed by atoms with Crippen LogP contribution in [0.5, 0.6) is 0 Å². The van der Waals surface area contributed by atoms with Crippen LogP contribution in [0.3, 0.4) is 0 Å². The Bertz CT molecular complexity index is 555. The molecule has 0 amide bonds. The number of nitrogens with zero attached hydrogens (tertiary/aromatic N) is 3. The maximum Gasteiger partial charge on any atom is 0.288 e. The minimum absolute atomic E-state index is 0.00583. The molecule has 0 bridgehead atoms. The van der Waals surface area contributed by atoms with Gasteiger partial charge < -0.3 is 5.32 Å². The fourth-order valence-corrected chi connectivity index (χ4v) is 2.82. The van der Waals surface area contributed by atoms with Crippen molar-refractivity contribution in [1.82, 2.24) is 20.3 Å². The zero-order valence-electron chi connectivity index (χ0n) is 8.72. The van der Waals surface area contributed by atoms with Gasteiger partial charge in [-0.1, -0.05) is 5.21 Å². The average Bonchev–Trinajstić information content (AvgIpc) is 2.80. The highest BCUT2D eigenvalue weighted by molar-refractivity contribution is 7.17. The second-order valence-electron chi connectivity index (χ2n) is 3.97. The second kappa shape index (κ2) is 3.95. The van der Waals surface area contributed by atoms with Crippen molar-refractivity contribution in [3.8, 4) is 0 Å². The van der Waals surface area contributed by atoms with Crippen molar-refractivity contribution in [1.29, 1.82) is 0 Å². The minimum Gasteiger partial charge on any atom is -0.315 e. The van der Waals surface area contributed by atoms with Crippen LogP contribution in [0.25, 0.3) is 10.2 Å². The molecule has 1 fully saturated rings. The van der Waals surface area contributed by atoms with E-state index in [-0.39, 0.29) is 11.6 Å². The van der Waals surface area contributed by atoms with Crippen molar-refractivity contribution in [3.05, 3.63) is 21.8 Å². The smallest absolute Gasteiger partial charge is 0.288 e. The van der Waals surface area contributed by atoms with E-state index in [0.717, 1.165) is 25.9 Å². The van der Waals surface area contributed by atoms with E-state index in [0.29, 0.717) is 10.2 Å². The molecule has 3 heterocycles. The van der Waals surface area contributed by atoms with Gasteiger partial charge in [0, 0.05) is 6.54 Å². The zero-order chi connectivity index (χ0) is 11.0. The second-order valence-corrected chi connectivity index (χ2v) is 4.89. The highest BCUT2D eigenvalue weighted by atomic mass is 32.1. The first kappa shape index (κ1) is 9.92. The summed E-state index contributed by atoms with van der Waals surface area (Å²) in [7, 11) is 0. The van der Waals surface area contributed by atoms with Crippen LogP contribution in [-0.2, 0) is 0 Å². The quantitative estimate of drug-likeness (QED) is 0.794. The van der Waals surface area contributed by atoms with Crippen LogP contribution in [0.4, 0.5) is 0 Å². The van der Waals surface area contributed by atoms with Gasteiger partial charge >= 0.3 is 0 Å². The minimum atomic E-state index is -0.00583. The average molecular weight is 236 g/mol. The Morgan fingerprint density at radius 1 is 1.56 bits per heavy atom. The summed E-state index contributed by atoms with van der Waals surface area (Å²) in [6.45, 7) is 1.84. The van der Waals surface area contributed by atoms with Gasteiger partial charge in [-0.3, -0.25) is 4.79 Å². The summed E-state index contributed by atoms with van der Waals surface area (Å²) in [5.74, 6) is 0. The molecule has 1 N–H and O–H groups in total. The standard InChI is InChI=1S/C10H12N4OS/c15-10-9-8(3-5-16-9)12-13-14(10)7-2-1-4-11-6-7/h3,5,7,11H,1-2,4,6H2/t7-/m0/s1. The van der Waals surface area contributed by atoms with Crippen molar-refractivity contribution in [2.24, 2.45) is 0 Å². The topological polar surface area (TPSA) is 59.8 Å². The first-order valence-electron chi connectivity index (χ1n) is 5.39. The SMILES string of the molecule is O=c1c2sccc2nnn1[C@H]1CCCNC1. The lowest BCUT2D eigenvalue weighted by Gasteiger charge is -2.22. The number of nitrogens with one attached hydrogen (secondary N) is 1. The number of hydrogen-bond donors (Lipinski definition) is 1. The lowest BCUT2D eigenvalue weighted by Crippen LogP contribution is -2.38. The van der Waals surface area contributed by atoms with Gasteiger partial charge in [0.1, 0.15) is 10.2 Å². The van der Waals surface area contributed by atoms with Crippen LogP contribution in [-0.4, -0.2) is 28.1 Å². The van der Waals surface area contributed by atoms with Crippen LogP contribution in [0.2, 0.25) is 0 Å². The Morgan fingerprint density at radius 2 is 2.50 bits per heavy atom. The molecule has 1 aliphatic rings. The normalized spacial score (nSPS) is 21.4. The molecule has 84 valence electrons. The monoisotopic (exact) mass is 236 g/mol. The third-order valence-electron chi connectivity index (χ3n) is 2.91. The van der Waals surface area contributed by atoms with Gasteiger partial charge in [-0.2, -0.15) is 0 Å². The van der Waals surface area contributed by atoms with E-state index in [1.807, 2.05) is 11.4 Å². The van der Waals surface area contributed by atoms with Crippen molar-refractivity contribution in [2.45, 2.75) is 18.9 Å². The molecule has 6 heteroatoms. The highest BCUT2D eigenvalue weighted by Crippen LogP contribution is 2.16.